The van der Waals surface area contributed by atoms with Gasteiger partial charge in [0.15, 0.2) is 0 Å². The van der Waals surface area contributed by atoms with Crippen LogP contribution in [0.15, 0.2) is 65.7 Å². The number of carboxylic acid groups (broad SMARTS) is 1. The van der Waals surface area contributed by atoms with Gasteiger partial charge in [0.1, 0.15) is 0 Å². The lowest BCUT2D eigenvalue weighted by atomic mass is 10.2. The molecule has 0 heterocycles. The van der Waals surface area contributed by atoms with Crippen LogP contribution in [-0.2, 0) is 0 Å². The number of hydrogen-bond donors (Lipinski definition) is 1. The van der Waals surface area contributed by atoms with E-state index in [4.69, 9.17) is 5.11 Å². The highest BCUT2D eigenvalue weighted by Gasteiger charge is 1.99. The Balaban J connectivity index is 1.99. The molecule has 0 aliphatic carbocycles. The number of benzene rings is 2. The van der Waals surface area contributed by atoms with Crippen molar-refractivity contribution in [3.8, 4) is 0 Å². The molecule has 1 N–H and O–H groups in total. The van der Waals surface area contributed by atoms with Gasteiger partial charge in [-0.2, -0.15) is 0 Å². The zero-order valence-electron chi connectivity index (χ0n) is 10.2. The lowest BCUT2D eigenvalue weighted by Gasteiger charge is -1.94. The second kappa shape index (κ2) is 6.31. The van der Waals surface area contributed by atoms with Gasteiger partial charge in [0.2, 0.25) is 0 Å². The van der Waals surface area contributed by atoms with Crippen molar-refractivity contribution in [3.63, 3.8) is 0 Å². The summed E-state index contributed by atoms with van der Waals surface area (Å²) < 4.78 is 0. The second-order valence-corrected chi connectivity index (χ2v) is 3.90. The Hall–Kier alpha value is -2.68. The predicted molar refractivity (Wildman–Crippen MR) is 77.0 cm³/mol. The summed E-state index contributed by atoms with van der Waals surface area (Å²) in [5.74, 6) is -0.931. The van der Waals surface area contributed by atoms with Crippen LogP contribution in [0.2, 0.25) is 0 Å². The van der Waals surface area contributed by atoms with E-state index < -0.39 is 5.97 Å². The Bertz CT molecular complexity index is 598. The average molecular weight is 251 g/mol. The molecule has 19 heavy (non-hydrogen) atoms. The van der Waals surface area contributed by atoms with Crippen molar-refractivity contribution in [2.24, 2.45) is 4.99 Å². The largest absolute Gasteiger partial charge is 0.478 e. The fourth-order valence-electron chi connectivity index (χ4n) is 1.54. The molecule has 0 aliphatic heterocycles. The molecule has 0 radical (unpaired) electrons. The Morgan fingerprint density at radius 3 is 2.32 bits per heavy atom. The molecular weight excluding hydrogens is 238 g/mol. The quantitative estimate of drug-likeness (QED) is 0.840. The molecule has 0 fully saturated rings. The highest BCUT2D eigenvalue weighted by Crippen LogP contribution is 2.12. The highest BCUT2D eigenvalue weighted by molar-refractivity contribution is 5.88. The maximum absolute atomic E-state index is 10.7. The van der Waals surface area contributed by atoms with Gasteiger partial charge in [0.25, 0.3) is 0 Å². The monoisotopic (exact) mass is 251 g/mol. The van der Waals surface area contributed by atoms with Crippen molar-refractivity contribution >= 4 is 23.9 Å². The van der Waals surface area contributed by atoms with E-state index in [0.29, 0.717) is 0 Å². The molecule has 0 spiro atoms. The zero-order chi connectivity index (χ0) is 13.5. The number of hydrogen-bond acceptors (Lipinski definition) is 2. The lowest BCUT2D eigenvalue weighted by Crippen LogP contribution is -1.94. The Morgan fingerprint density at radius 2 is 1.68 bits per heavy atom. The molecule has 0 aromatic heterocycles. The first kappa shape index (κ1) is 12.8. The number of allylic oxidation sites excluding steroid dienone is 1. The van der Waals surface area contributed by atoms with Gasteiger partial charge in [-0.15, -0.1) is 0 Å². The van der Waals surface area contributed by atoms with Gasteiger partial charge in [-0.1, -0.05) is 36.4 Å². The minimum absolute atomic E-state index is 0.263. The Morgan fingerprint density at radius 1 is 1.00 bits per heavy atom. The maximum atomic E-state index is 10.7. The molecule has 3 nitrogen and oxygen atoms in total. The van der Waals surface area contributed by atoms with Crippen molar-refractivity contribution in [3.05, 3.63) is 71.8 Å². The first-order valence-electron chi connectivity index (χ1n) is 5.85. The summed E-state index contributed by atoms with van der Waals surface area (Å²) in [4.78, 5) is 14.9. The van der Waals surface area contributed by atoms with E-state index in [-0.39, 0.29) is 5.56 Å². The van der Waals surface area contributed by atoms with E-state index in [9.17, 15) is 4.79 Å². The molecule has 0 saturated carbocycles. The number of aliphatic imine (C=N–C) groups is 1. The first-order valence-corrected chi connectivity index (χ1v) is 5.85. The average Bonchev–Trinajstić information content (AvgIpc) is 2.45. The van der Waals surface area contributed by atoms with Crippen LogP contribution in [0.25, 0.3) is 6.08 Å². The van der Waals surface area contributed by atoms with Gasteiger partial charge >= 0.3 is 5.97 Å². The summed E-state index contributed by atoms with van der Waals surface area (Å²) in [5, 5.41) is 8.77. The zero-order valence-corrected chi connectivity index (χ0v) is 10.2. The molecule has 2 aromatic carbocycles. The summed E-state index contributed by atoms with van der Waals surface area (Å²) in [6, 6.07) is 16.4. The minimum atomic E-state index is -0.931. The smallest absolute Gasteiger partial charge is 0.335 e. The molecule has 0 bridgehead atoms. The topological polar surface area (TPSA) is 49.7 Å². The van der Waals surface area contributed by atoms with Crippen LogP contribution in [0.4, 0.5) is 5.69 Å². The van der Waals surface area contributed by atoms with Crippen molar-refractivity contribution in [2.45, 2.75) is 0 Å². The van der Waals surface area contributed by atoms with Crippen molar-refractivity contribution in [1.82, 2.24) is 0 Å². The minimum Gasteiger partial charge on any atom is -0.478 e. The summed E-state index contributed by atoms with van der Waals surface area (Å²) >= 11 is 0. The third-order valence-electron chi connectivity index (χ3n) is 2.51. The van der Waals surface area contributed by atoms with E-state index >= 15 is 0 Å². The lowest BCUT2D eigenvalue weighted by molar-refractivity contribution is 0.0697. The van der Waals surface area contributed by atoms with Gasteiger partial charge in [-0.05, 0) is 35.9 Å². The van der Waals surface area contributed by atoms with Crippen LogP contribution < -0.4 is 0 Å². The number of aromatic carboxylic acids is 1. The highest BCUT2D eigenvalue weighted by atomic mass is 16.4. The van der Waals surface area contributed by atoms with Crippen molar-refractivity contribution in [2.75, 3.05) is 0 Å². The van der Waals surface area contributed by atoms with Gasteiger partial charge in [0.05, 0.1) is 11.3 Å². The molecule has 3 heteroatoms. The number of carbonyl (C=O) groups is 1. The Kier molecular flexibility index (Phi) is 4.24. The molecular formula is C16H13NO2. The first-order chi connectivity index (χ1) is 9.25. The molecule has 0 unspecified atom stereocenters. The Labute approximate surface area is 111 Å². The van der Waals surface area contributed by atoms with Crippen LogP contribution in [0, 0.1) is 0 Å². The van der Waals surface area contributed by atoms with Crippen LogP contribution >= 0.6 is 0 Å². The fourth-order valence-corrected chi connectivity index (χ4v) is 1.54. The summed E-state index contributed by atoms with van der Waals surface area (Å²) in [6.45, 7) is 0. The molecule has 0 atom stereocenters. The molecule has 2 rings (SSSR count). The number of carboxylic acids is 1. The summed E-state index contributed by atoms with van der Waals surface area (Å²) in [5.41, 5.74) is 2.09. The number of nitrogens with zero attached hydrogens (tertiary/aromatic N) is 1. The van der Waals surface area contributed by atoms with Gasteiger partial charge in [-0.3, -0.25) is 4.99 Å². The fraction of sp³-hybridized carbons (Fsp3) is 0. The van der Waals surface area contributed by atoms with E-state index in [0.717, 1.165) is 11.3 Å². The van der Waals surface area contributed by atoms with Crippen molar-refractivity contribution in [1.29, 1.82) is 0 Å². The van der Waals surface area contributed by atoms with Crippen LogP contribution in [-0.4, -0.2) is 17.3 Å². The SMILES string of the molecule is O=C(O)c1ccc(N=C/C=C/c2ccccc2)cc1. The van der Waals surface area contributed by atoms with Crippen LogP contribution in [0.1, 0.15) is 15.9 Å². The van der Waals surface area contributed by atoms with Gasteiger partial charge < -0.3 is 5.11 Å². The van der Waals surface area contributed by atoms with Crippen molar-refractivity contribution < 1.29 is 9.90 Å². The second-order valence-electron chi connectivity index (χ2n) is 3.90. The van der Waals surface area contributed by atoms with Crippen LogP contribution in [0.3, 0.4) is 0 Å². The third kappa shape index (κ3) is 3.92. The van der Waals surface area contributed by atoms with E-state index in [1.54, 1.807) is 18.3 Å². The van der Waals surface area contributed by atoms with E-state index in [1.807, 2.05) is 42.5 Å². The molecule has 2 aromatic rings. The summed E-state index contributed by atoms with van der Waals surface area (Å²) in [6.07, 6.45) is 5.48. The van der Waals surface area contributed by atoms with E-state index in [2.05, 4.69) is 4.99 Å². The van der Waals surface area contributed by atoms with E-state index in [1.165, 1.54) is 12.1 Å². The molecule has 0 aliphatic rings. The molecule has 94 valence electrons. The standard InChI is InChI=1S/C16H13NO2/c18-16(19)14-8-10-15(11-9-14)17-12-4-7-13-5-2-1-3-6-13/h1-12H,(H,18,19)/b7-4+,17-12?. The molecule has 0 amide bonds. The normalized spacial score (nSPS) is 11.2. The summed E-state index contributed by atoms with van der Waals surface area (Å²) in [7, 11) is 0. The third-order valence-corrected chi connectivity index (χ3v) is 2.51. The maximum Gasteiger partial charge on any atom is 0.335 e. The number of rotatable bonds is 4. The van der Waals surface area contributed by atoms with Crippen LogP contribution in [0.5, 0.6) is 0 Å². The predicted octanol–water partition coefficient (Wildman–Crippen LogP) is 3.80. The van der Waals surface area contributed by atoms with Gasteiger partial charge in [-0.25, -0.2) is 4.79 Å². The molecule has 0 saturated heterocycles. The van der Waals surface area contributed by atoms with Gasteiger partial charge in [0, 0.05) is 6.21 Å².